The van der Waals surface area contributed by atoms with Gasteiger partial charge in [-0.3, -0.25) is 4.79 Å². The van der Waals surface area contributed by atoms with Crippen molar-refractivity contribution in [1.82, 2.24) is 10.2 Å². The number of carbonyl (C=O) groups excluding carboxylic acids is 2. The van der Waals surface area contributed by atoms with Gasteiger partial charge in [0, 0.05) is 32.0 Å². The zero-order chi connectivity index (χ0) is 20.4. The van der Waals surface area contributed by atoms with Crippen molar-refractivity contribution in [2.24, 2.45) is 0 Å². The Bertz CT molecular complexity index is 780. The predicted octanol–water partition coefficient (Wildman–Crippen LogP) is 3.55. The maximum atomic E-state index is 12.8. The first kappa shape index (κ1) is 19.9. The molecule has 1 saturated carbocycles. The normalized spacial score (nSPS) is 21.3. The van der Waals surface area contributed by atoms with Gasteiger partial charge in [-0.25, -0.2) is 4.79 Å². The van der Waals surface area contributed by atoms with Crippen LogP contribution in [0.1, 0.15) is 61.7 Å². The molecule has 3 aliphatic rings. The largest absolute Gasteiger partial charge is 0.493 e. The van der Waals surface area contributed by atoms with E-state index >= 15 is 0 Å². The molecule has 2 aliphatic heterocycles. The second kappa shape index (κ2) is 8.13. The molecule has 2 heterocycles. The van der Waals surface area contributed by atoms with Crippen molar-refractivity contribution in [3.05, 3.63) is 17.7 Å². The molecule has 1 N–H and O–H groups in total. The molecule has 1 aliphatic carbocycles. The van der Waals surface area contributed by atoms with Gasteiger partial charge in [-0.05, 0) is 25.0 Å². The molecule has 158 valence electrons. The number of Topliss-reactive ketones (excluding diaryl/α,β-unsaturated/α-hetero) is 1. The lowest BCUT2D eigenvalue weighted by Gasteiger charge is -2.44. The fraction of sp³-hybridized carbons (Fsp3) is 0.636. The number of fused-ring (bicyclic) bond motifs is 1. The number of amides is 2. The van der Waals surface area contributed by atoms with Gasteiger partial charge < -0.3 is 24.4 Å². The van der Waals surface area contributed by atoms with E-state index in [-0.39, 0.29) is 11.8 Å². The first-order valence-electron chi connectivity index (χ1n) is 10.6. The lowest BCUT2D eigenvalue weighted by atomic mass is 9.82. The number of rotatable bonds is 3. The number of hydrogen-bond acceptors (Lipinski definition) is 5. The number of likely N-dealkylation sites (tertiary alicyclic amines) is 1. The summed E-state index contributed by atoms with van der Waals surface area (Å²) in [7, 11) is 3.11. The summed E-state index contributed by atoms with van der Waals surface area (Å²) in [4.78, 5) is 27.3. The number of nitrogens with one attached hydrogen (secondary N) is 1. The first-order chi connectivity index (χ1) is 14.0. The molecular formula is C22H30N2O5. The van der Waals surface area contributed by atoms with E-state index in [1.54, 1.807) is 26.4 Å². The van der Waals surface area contributed by atoms with E-state index in [1.807, 2.05) is 4.90 Å². The van der Waals surface area contributed by atoms with E-state index in [0.717, 1.165) is 12.8 Å². The molecule has 4 rings (SSSR count). The molecule has 2 fully saturated rings. The Hall–Kier alpha value is -2.44. The maximum absolute atomic E-state index is 12.8. The number of methoxy groups -OCH3 is 2. The highest BCUT2D eigenvalue weighted by atomic mass is 16.5. The van der Waals surface area contributed by atoms with Crippen molar-refractivity contribution in [3.8, 4) is 17.2 Å². The number of nitrogens with zero attached hydrogens (tertiary/aromatic N) is 1. The highest BCUT2D eigenvalue weighted by Gasteiger charge is 2.45. The van der Waals surface area contributed by atoms with Crippen molar-refractivity contribution in [3.63, 3.8) is 0 Å². The number of ether oxygens (including phenoxy) is 3. The highest BCUT2D eigenvalue weighted by molar-refractivity contribution is 6.01. The molecular weight excluding hydrogens is 372 g/mol. The van der Waals surface area contributed by atoms with Gasteiger partial charge in [-0.15, -0.1) is 0 Å². The average molecular weight is 402 g/mol. The molecule has 7 heteroatoms. The van der Waals surface area contributed by atoms with Gasteiger partial charge in [0.05, 0.1) is 26.2 Å². The Morgan fingerprint density at radius 2 is 1.86 bits per heavy atom. The maximum Gasteiger partial charge on any atom is 0.317 e. The predicted molar refractivity (Wildman–Crippen MR) is 108 cm³/mol. The third kappa shape index (κ3) is 3.87. The van der Waals surface area contributed by atoms with Crippen molar-refractivity contribution in [1.29, 1.82) is 0 Å². The van der Waals surface area contributed by atoms with Crippen molar-refractivity contribution in [2.45, 2.75) is 63.0 Å². The number of hydrogen-bond donors (Lipinski definition) is 1. The summed E-state index contributed by atoms with van der Waals surface area (Å²) in [6, 6.07) is 3.77. The van der Waals surface area contributed by atoms with Gasteiger partial charge in [0.25, 0.3) is 0 Å². The molecule has 0 radical (unpaired) electrons. The zero-order valence-corrected chi connectivity index (χ0v) is 17.3. The van der Waals surface area contributed by atoms with Gasteiger partial charge in [0.1, 0.15) is 5.60 Å². The molecule has 1 aromatic carbocycles. The molecule has 0 bridgehead atoms. The summed E-state index contributed by atoms with van der Waals surface area (Å²) < 4.78 is 17.2. The van der Waals surface area contributed by atoms with Crippen LogP contribution in [0.15, 0.2) is 12.1 Å². The summed E-state index contributed by atoms with van der Waals surface area (Å²) in [5, 5.41) is 3.18. The lowest BCUT2D eigenvalue weighted by molar-refractivity contribution is -0.00293. The van der Waals surface area contributed by atoms with Gasteiger partial charge in [0.15, 0.2) is 17.3 Å². The van der Waals surface area contributed by atoms with Crippen molar-refractivity contribution < 1.29 is 23.8 Å². The number of piperidine rings is 1. The summed E-state index contributed by atoms with van der Waals surface area (Å²) in [5.41, 5.74) is -0.0588. The summed E-state index contributed by atoms with van der Waals surface area (Å²) in [5.74, 6) is 1.51. The number of urea groups is 1. The van der Waals surface area contributed by atoms with Crippen LogP contribution in [0.2, 0.25) is 0 Å². The van der Waals surface area contributed by atoms with Crippen LogP contribution in [-0.2, 0) is 0 Å². The van der Waals surface area contributed by atoms with Gasteiger partial charge in [-0.2, -0.15) is 0 Å². The van der Waals surface area contributed by atoms with E-state index in [9.17, 15) is 9.59 Å². The highest BCUT2D eigenvalue weighted by Crippen LogP contribution is 2.47. The second-order valence-corrected chi connectivity index (χ2v) is 8.33. The summed E-state index contributed by atoms with van der Waals surface area (Å²) in [6.45, 7) is 1.15. The van der Waals surface area contributed by atoms with E-state index in [1.165, 1.54) is 19.3 Å². The third-order valence-corrected chi connectivity index (χ3v) is 6.50. The Labute approximate surface area is 171 Å². The van der Waals surface area contributed by atoms with Crippen LogP contribution in [0.5, 0.6) is 17.2 Å². The fourth-order valence-corrected chi connectivity index (χ4v) is 4.77. The van der Waals surface area contributed by atoms with Gasteiger partial charge >= 0.3 is 6.03 Å². The van der Waals surface area contributed by atoms with Crippen molar-refractivity contribution >= 4 is 11.8 Å². The quantitative estimate of drug-likeness (QED) is 0.837. The molecule has 0 atom stereocenters. The number of ketones is 1. The molecule has 1 saturated heterocycles. The minimum Gasteiger partial charge on any atom is -0.493 e. The fourth-order valence-electron chi connectivity index (χ4n) is 4.77. The number of carbonyl (C=O) groups is 2. The molecule has 2 amide bonds. The molecule has 1 aromatic rings. The monoisotopic (exact) mass is 402 g/mol. The van der Waals surface area contributed by atoms with E-state index in [2.05, 4.69) is 5.32 Å². The summed E-state index contributed by atoms with van der Waals surface area (Å²) >= 11 is 0. The lowest BCUT2D eigenvalue weighted by Crippen LogP contribution is -2.55. The van der Waals surface area contributed by atoms with Gasteiger partial charge in [-0.1, -0.05) is 19.3 Å². The molecule has 1 spiro atoms. The smallest absolute Gasteiger partial charge is 0.317 e. The SMILES string of the molecule is COc1ccc2c(c1OC)OC1(CCN(C(=O)NC3CCCCC3)CC1)CC2=O. The molecule has 29 heavy (non-hydrogen) atoms. The van der Waals surface area contributed by atoms with Crippen LogP contribution in [-0.4, -0.2) is 55.7 Å². The minimum atomic E-state index is -0.592. The Morgan fingerprint density at radius 1 is 1.14 bits per heavy atom. The van der Waals surface area contributed by atoms with Crippen LogP contribution in [0.4, 0.5) is 4.79 Å². The minimum absolute atomic E-state index is 0.00790. The summed E-state index contributed by atoms with van der Waals surface area (Å²) in [6.07, 6.45) is 7.35. The van der Waals surface area contributed by atoms with E-state index in [4.69, 9.17) is 14.2 Å². The standard InChI is InChI=1S/C22H30N2O5/c1-27-18-9-8-16-17(25)14-22(29-19(16)20(18)28-2)10-12-24(13-11-22)21(26)23-15-6-4-3-5-7-15/h8-9,15H,3-7,10-14H2,1-2H3,(H,23,26). The van der Waals surface area contributed by atoms with Gasteiger partial charge in [0.2, 0.25) is 5.75 Å². The van der Waals surface area contributed by atoms with Crippen LogP contribution in [0.25, 0.3) is 0 Å². The zero-order valence-electron chi connectivity index (χ0n) is 17.3. The van der Waals surface area contributed by atoms with Crippen molar-refractivity contribution in [2.75, 3.05) is 27.3 Å². The number of benzene rings is 1. The van der Waals surface area contributed by atoms with E-state index < -0.39 is 5.60 Å². The Kier molecular flexibility index (Phi) is 5.56. The van der Waals surface area contributed by atoms with Crippen LogP contribution in [0, 0.1) is 0 Å². The molecule has 0 unspecified atom stereocenters. The average Bonchev–Trinajstić information content (AvgIpc) is 2.74. The Morgan fingerprint density at radius 3 is 2.52 bits per heavy atom. The second-order valence-electron chi connectivity index (χ2n) is 8.33. The van der Waals surface area contributed by atoms with E-state index in [0.29, 0.717) is 61.2 Å². The van der Waals surface area contributed by atoms with Crippen LogP contribution >= 0.6 is 0 Å². The Balaban J connectivity index is 1.45. The topological polar surface area (TPSA) is 77.1 Å². The first-order valence-corrected chi connectivity index (χ1v) is 10.6. The molecule has 7 nitrogen and oxygen atoms in total. The van der Waals surface area contributed by atoms with Crippen LogP contribution in [0.3, 0.4) is 0 Å². The van der Waals surface area contributed by atoms with Crippen LogP contribution < -0.4 is 19.5 Å². The molecule has 0 aromatic heterocycles. The third-order valence-electron chi connectivity index (χ3n) is 6.50.